The summed E-state index contributed by atoms with van der Waals surface area (Å²) in [5, 5.41) is 9.58. The second-order valence-electron chi connectivity index (χ2n) is 10.5. The third-order valence-corrected chi connectivity index (χ3v) is 10.2. The fourth-order valence-corrected chi connectivity index (χ4v) is 7.97. The van der Waals surface area contributed by atoms with Gasteiger partial charge >= 0.3 is 13.7 Å². The Morgan fingerprint density at radius 2 is 1.88 bits per heavy atom. The zero-order valence-electron chi connectivity index (χ0n) is 22.3. The number of nitrogens with zero attached hydrogens (tertiary/aromatic N) is 3. The fraction of sp³-hybridized carbons (Fsp3) is 0.429. The zero-order chi connectivity index (χ0) is 28.2. The summed E-state index contributed by atoms with van der Waals surface area (Å²) in [7, 11) is -0.916. The number of carbonyl (C=O) groups is 1. The highest BCUT2D eigenvalue weighted by molar-refractivity contribution is 7.51. The number of benzene rings is 2. The van der Waals surface area contributed by atoms with Gasteiger partial charge in [0, 0.05) is 45.0 Å². The van der Waals surface area contributed by atoms with E-state index >= 15 is 4.39 Å². The van der Waals surface area contributed by atoms with Gasteiger partial charge in [0.05, 0.1) is 18.0 Å². The number of hydrogen-bond acceptors (Lipinski definition) is 7. The van der Waals surface area contributed by atoms with Gasteiger partial charge in [-0.3, -0.25) is 9.32 Å². The van der Waals surface area contributed by atoms with Crippen molar-refractivity contribution in [1.29, 1.82) is 0 Å². The van der Waals surface area contributed by atoms with E-state index in [1.54, 1.807) is 33.5 Å². The van der Waals surface area contributed by atoms with Crippen LogP contribution in [0.1, 0.15) is 42.1 Å². The van der Waals surface area contributed by atoms with Gasteiger partial charge in [-0.2, -0.15) is 4.67 Å². The van der Waals surface area contributed by atoms with E-state index in [0.717, 1.165) is 31.7 Å². The maximum absolute atomic E-state index is 15.9. The summed E-state index contributed by atoms with van der Waals surface area (Å²) in [6.07, 6.45) is 4.62. The Bertz CT molecular complexity index is 1580. The number of anilines is 1. The number of ether oxygens (including phenoxy) is 1. The molecule has 40 heavy (non-hydrogen) atoms. The Kier molecular flexibility index (Phi) is 6.84. The second kappa shape index (κ2) is 10.2. The van der Waals surface area contributed by atoms with Gasteiger partial charge < -0.3 is 23.8 Å². The van der Waals surface area contributed by atoms with Gasteiger partial charge in [-0.25, -0.2) is 13.8 Å². The SMILES string of the molecule is COc1c(N2CC3CCCN(P(=O)(OC)Oc4ccccc4)C3C2)c(F)cc2c(=O)c(C(=O)O)cn(C3CC3)c12. The van der Waals surface area contributed by atoms with Crippen LogP contribution >= 0.6 is 7.75 Å². The number of hydrogen-bond donors (Lipinski definition) is 1. The highest BCUT2D eigenvalue weighted by Crippen LogP contribution is 2.56. The third-order valence-electron chi connectivity index (χ3n) is 8.15. The molecule has 10 nitrogen and oxygen atoms in total. The molecule has 3 aliphatic rings. The Labute approximate surface area is 230 Å². The van der Waals surface area contributed by atoms with Crippen LogP contribution in [0.15, 0.2) is 47.4 Å². The van der Waals surface area contributed by atoms with Gasteiger partial charge in [-0.1, -0.05) is 18.2 Å². The van der Waals surface area contributed by atoms with E-state index in [0.29, 0.717) is 30.9 Å². The third kappa shape index (κ3) is 4.46. The van der Waals surface area contributed by atoms with E-state index in [1.165, 1.54) is 20.4 Å². The van der Waals surface area contributed by atoms with Crippen molar-refractivity contribution < 1.29 is 32.6 Å². The minimum absolute atomic E-state index is 0.00720. The molecule has 3 unspecified atom stereocenters. The highest BCUT2D eigenvalue weighted by Gasteiger charge is 2.49. The predicted molar refractivity (Wildman–Crippen MR) is 147 cm³/mol. The number of carboxylic acids is 1. The van der Waals surface area contributed by atoms with Crippen LogP contribution in [0.2, 0.25) is 0 Å². The molecule has 3 fully saturated rings. The van der Waals surface area contributed by atoms with E-state index < -0.39 is 30.5 Å². The minimum Gasteiger partial charge on any atom is -0.492 e. The van der Waals surface area contributed by atoms with Crippen molar-refractivity contribution in [3.63, 3.8) is 0 Å². The Balaban J connectivity index is 1.41. The lowest BCUT2D eigenvalue weighted by Gasteiger charge is -2.39. The molecule has 0 spiro atoms. The van der Waals surface area contributed by atoms with E-state index in [-0.39, 0.29) is 34.8 Å². The maximum Gasteiger partial charge on any atom is 0.461 e. The van der Waals surface area contributed by atoms with Crippen LogP contribution in [-0.2, 0) is 9.09 Å². The first-order chi connectivity index (χ1) is 19.3. The number of piperidine rings is 1. The summed E-state index contributed by atoms with van der Waals surface area (Å²) >= 11 is 0. The Morgan fingerprint density at radius 3 is 2.52 bits per heavy atom. The first-order valence-electron chi connectivity index (χ1n) is 13.4. The number of fused-ring (bicyclic) bond motifs is 2. The molecule has 3 heterocycles. The zero-order valence-corrected chi connectivity index (χ0v) is 23.2. The van der Waals surface area contributed by atoms with Crippen LogP contribution in [0.4, 0.5) is 10.1 Å². The van der Waals surface area contributed by atoms with Crippen LogP contribution in [-0.4, -0.2) is 60.2 Å². The summed E-state index contributed by atoms with van der Waals surface area (Å²) in [5.41, 5.74) is -0.552. The number of para-hydroxylation sites is 1. The monoisotopic (exact) mass is 571 g/mol. The number of rotatable bonds is 8. The Morgan fingerprint density at radius 1 is 1.12 bits per heavy atom. The fourth-order valence-electron chi connectivity index (χ4n) is 6.18. The lowest BCUT2D eigenvalue weighted by Crippen LogP contribution is -2.44. The van der Waals surface area contributed by atoms with Crippen LogP contribution in [0.5, 0.6) is 11.5 Å². The molecular weight excluding hydrogens is 540 g/mol. The Hall–Kier alpha value is -3.40. The first-order valence-corrected chi connectivity index (χ1v) is 14.9. The molecule has 3 aromatic rings. The molecule has 1 aliphatic carbocycles. The van der Waals surface area contributed by atoms with E-state index in [4.69, 9.17) is 13.8 Å². The average Bonchev–Trinajstić information content (AvgIpc) is 3.70. The molecule has 1 saturated carbocycles. The molecule has 0 bridgehead atoms. The van der Waals surface area contributed by atoms with Crippen LogP contribution in [0.25, 0.3) is 10.9 Å². The van der Waals surface area contributed by atoms with Crippen molar-refractivity contribution in [2.24, 2.45) is 5.92 Å². The van der Waals surface area contributed by atoms with Gasteiger partial charge in [0.25, 0.3) is 0 Å². The molecule has 6 rings (SSSR count). The molecule has 1 aromatic heterocycles. The lowest BCUT2D eigenvalue weighted by molar-refractivity contribution is 0.0694. The largest absolute Gasteiger partial charge is 0.492 e. The summed E-state index contributed by atoms with van der Waals surface area (Å²) < 4.78 is 50.6. The van der Waals surface area contributed by atoms with Crippen molar-refractivity contribution in [3.05, 3.63) is 64.2 Å². The molecule has 0 radical (unpaired) electrons. The number of aromatic nitrogens is 1. The predicted octanol–water partition coefficient (Wildman–Crippen LogP) is 4.92. The molecule has 212 valence electrons. The maximum atomic E-state index is 15.9. The first kappa shape index (κ1) is 26.8. The van der Waals surface area contributed by atoms with Gasteiger partial charge in [0.1, 0.15) is 17.0 Å². The molecule has 0 amide bonds. The van der Waals surface area contributed by atoms with Crippen molar-refractivity contribution in [1.82, 2.24) is 9.24 Å². The number of aromatic carboxylic acids is 1. The summed E-state index contributed by atoms with van der Waals surface area (Å²) in [5.74, 6) is -1.33. The topological polar surface area (TPSA) is 111 Å². The molecule has 3 atom stereocenters. The van der Waals surface area contributed by atoms with Crippen LogP contribution < -0.4 is 19.6 Å². The second-order valence-corrected chi connectivity index (χ2v) is 12.5. The smallest absolute Gasteiger partial charge is 0.461 e. The summed E-state index contributed by atoms with van der Waals surface area (Å²) in [4.78, 5) is 26.7. The molecular formula is C28H31FN3O7P. The molecule has 12 heteroatoms. The summed E-state index contributed by atoms with van der Waals surface area (Å²) in [6, 6.07) is 9.77. The number of halogens is 1. The standard InChI is InChI=1S/C28H31FN3O7P/c1-37-27-24-20(26(33)21(28(34)35)15-31(24)18-10-11-18)13-22(29)25(27)30-14-17-7-6-12-32(23(17)16-30)40(36,38-2)39-19-8-4-3-5-9-19/h3-5,8-9,13,15,17-18,23H,6-7,10-12,14,16H2,1-2H3,(H,34,35). The number of methoxy groups -OCH3 is 1. The van der Waals surface area contributed by atoms with Crippen molar-refractivity contribution in [2.45, 2.75) is 37.8 Å². The normalized spacial score (nSPS) is 22.6. The minimum atomic E-state index is -3.71. The van der Waals surface area contributed by atoms with Gasteiger partial charge in [0.15, 0.2) is 11.6 Å². The van der Waals surface area contributed by atoms with Gasteiger partial charge in [-0.15, -0.1) is 0 Å². The highest BCUT2D eigenvalue weighted by atomic mass is 31.2. The molecule has 2 saturated heterocycles. The van der Waals surface area contributed by atoms with Gasteiger partial charge in [0.2, 0.25) is 5.43 Å². The van der Waals surface area contributed by atoms with E-state index in [1.807, 2.05) is 11.0 Å². The quantitative estimate of drug-likeness (QED) is 0.377. The number of pyridine rings is 1. The molecule has 2 aliphatic heterocycles. The van der Waals surface area contributed by atoms with Crippen molar-refractivity contribution in [3.8, 4) is 11.5 Å². The van der Waals surface area contributed by atoms with Crippen molar-refractivity contribution in [2.75, 3.05) is 38.8 Å². The van der Waals surface area contributed by atoms with E-state index in [2.05, 4.69) is 0 Å². The average molecular weight is 572 g/mol. The summed E-state index contributed by atoms with van der Waals surface area (Å²) in [6.45, 7) is 1.33. The molecule has 2 aromatic carbocycles. The van der Waals surface area contributed by atoms with E-state index in [9.17, 15) is 19.3 Å². The van der Waals surface area contributed by atoms with Gasteiger partial charge in [-0.05, 0) is 49.8 Å². The van der Waals surface area contributed by atoms with Crippen LogP contribution in [0, 0.1) is 11.7 Å². The number of carboxylic acid groups (broad SMARTS) is 1. The van der Waals surface area contributed by atoms with Crippen molar-refractivity contribution >= 4 is 30.3 Å². The lowest BCUT2D eigenvalue weighted by atomic mass is 9.94. The van der Waals surface area contributed by atoms with Crippen LogP contribution in [0.3, 0.4) is 0 Å². The molecule has 1 N–H and O–H groups in total.